The summed E-state index contributed by atoms with van der Waals surface area (Å²) in [6.07, 6.45) is 0.976. The van der Waals surface area contributed by atoms with E-state index in [0.717, 1.165) is 17.4 Å². The van der Waals surface area contributed by atoms with Crippen molar-refractivity contribution in [2.24, 2.45) is 11.0 Å². The van der Waals surface area contributed by atoms with Gasteiger partial charge in [0.1, 0.15) is 0 Å². The van der Waals surface area contributed by atoms with E-state index in [9.17, 15) is 8.42 Å². The number of benzene rings is 2. The van der Waals surface area contributed by atoms with Crippen LogP contribution in [0.25, 0.3) is 10.4 Å². The highest BCUT2D eigenvalue weighted by atomic mass is 32.2. The smallest absolute Gasteiger partial charge is 0.264 e. The van der Waals surface area contributed by atoms with Crippen molar-refractivity contribution >= 4 is 10.1 Å². The topological polar surface area (TPSA) is 111 Å². The van der Waals surface area contributed by atoms with Gasteiger partial charge < -0.3 is 9.47 Å². The van der Waals surface area contributed by atoms with Gasteiger partial charge in [0.25, 0.3) is 10.1 Å². The lowest BCUT2D eigenvalue weighted by atomic mass is 10.0. The zero-order chi connectivity index (χ0) is 21.0. The predicted molar refractivity (Wildman–Crippen MR) is 109 cm³/mol. The summed E-state index contributed by atoms with van der Waals surface area (Å²) in [5, 5.41) is 3.78. The second kappa shape index (κ2) is 12.2. The fourth-order valence-corrected chi connectivity index (χ4v) is 3.01. The predicted octanol–water partition coefficient (Wildman–Crippen LogP) is 3.69. The first-order chi connectivity index (χ1) is 14.0. The van der Waals surface area contributed by atoms with Gasteiger partial charge in [-0.1, -0.05) is 65.8 Å². The third-order valence-electron chi connectivity index (χ3n) is 4.08. The summed E-state index contributed by atoms with van der Waals surface area (Å²) in [4.78, 5) is 2.88. The fraction of sp³-hybridized carbons (Fsp3) is 0.400. The maximum atomic E-state index is 11.4. The Balaban J connectivity index is 1.97. The van der Waals surface area contributed by atoms with Crippen LogP contribution in [0.4, 0.5) is 0 Å². The molecule has 0 saturated carbocycles. The molecular formula is C20H25N3O5S. The number of azide groups is 1. The van der Waals surface area contributed by atoms with Crippen LogP contribution >= 0.6 is 0 Å². The number of hydrogen-bond donors (Lipinski definition) is 0. The van der Waals surface area contributed by atoms with Gasteiger partial charge in [0.2, 0.25) is 0 Å². The van der Waals surface area contributed by atoms with Crippen molar-refractivity contribution in [3.05, 3.63) is 82.2 Å². The van der Waals surface area contributed by atoms with E-state index in [1.165, 1.54) is 0 Å². The minimum Gasteiger partial charge on any atom is -0.376 e. The SMILES string of the molecule is CS(=O)(=O)OC[C@H](COCc1ccccc1)[C@H](COCc1ccccc1)N=[N+]=[N-]. The molecular weight excluding hydrogens is 394 g/mol. The van der Waals surface area contributed by atoms with E-state index in [1.54, 1.807) is 0 Å². The van der Waals surface area contributed by atoms with Crippen molar-refractivity contribution < 1.29 is 22.1 Å². The highest BCUT2D eigenvalue weighted by molar-refractivity contribution is 7.85. The monoisotopic (exact) mass is 419 g/mol. The van der Waals surface area contributed by atoms with Gasteiger partial charge in [0.15, 0.2) is 0 Å². The molecule has 9 heteroatoms. The molecule has 2 atom stereocenters. The van der Waals surface area contributed by atoms with Crippen LogP contribution in [0.3, 0.4) is 0 Å². The molecule has 156 valence electrons. The van der Waals surface area contributed by atoms with Crippen LogP contribution in [-0.2, 0) is 37.0 Å². The average molecular weight is 420 g/mol. The van der Waals surface area contributed by atoms with Crippen molar-refractivity contribution in [2.45, 2.75) is 19.3 Å². The Morgan fingerprint density at radius 3 is 1.90 bits per heavy atom. The lowest BCUT2D eigenvalue weighted by Gasteiger charge is -2.23. The minimum atomic E-state index is -3.64. The van der Waals surface area contributed by atoms with Gasteiger partial charge in [-0.15, -0.1) is 0 Å². The summed E-state index contributed by atoms with van der Waals surface area (Å²) >= 11 is 0. The van der Waals surface area contributed by atoms with E-state index >= 15 is 0 Å². The molecule has 0 aliphatic rings. The molecule has 0 bridgehead atoms. The third-order valence-corrected chi connectivity index (χ3v) is 4.65. The lowest BCUT2D eigenvalue weighted by molar-refractivity contribution is 0.0307. The number of ether oxygens (including phenoxy) is 2. The maximum absolute atomic E-state index is 11.4. The summed E-state index contributed by atoms with van der Waals surface area (Å²) in [7, 11) is -3.64. The first-order valence-electron chi connectivity index (χ1n) is 9.10. The zero-order valence-corrected chi connectivity index (χ0v) is 17.1. The van der Waals surface area contributed by atoms with E-state index in [-0.39, 0.29) is 19.8 Å². The van der Waals surface area contributed by atoms with Gasteiger partial charge >= 0.3 is 0 Å². The third kappa shape index (κ3) is 9.56. The molecule has 0 N–H and O–H groups in total. The van der Waals surface area contributed by atoms with Gasteiger partial charge in [-0.3, -0.25) is 4.18 Å². The molecule has 2 aromatic carbocycles. The van der Waals surface area contributed by atoms with Crippen molar-refractivity contribution in [1.29, 1.82) is 0 Å². The van der Waals surface area contributed by atoms with E-state index in [0.29, 0.717) is 13.2 Å². The highest BCUT2D eigenvalue weighted by Crippen LogP contribution is 2.15. The molecule has 0 aromatic heterocycles. The first kappa shape index (κ1) is 22.9. The van der Waals surface area contributed by atoms with Crippen molar-refractivity contribution in [1.82, 2.24) is 0 Å². The standard InChI is InChI=1S/C20H25N3O5S/c1-29(24,25)28-15-19(14-26-12-17-8-4-2-5-9-17)20(22-23-21)16-27-13-18-10-6-3-7-11-18/h2-11,19-20H,12-16H2,1H3/t19-,20-/m0/s1. The lowest BCUT2D eigenvalue weighted by Crippen LogP contribution is -2.32. The number of rotatable bonds is 13. The van der Waals surface area contributed by atoms with Gasteiger partial charge in [-0.2, -0.15) is 8.42 Å². The molecule has 29 heavy (non-hydrogen) atoms. The van der Waals surface area contributed by atoms with Gasteiger partial charge in [-0.25, -0.2) is 0 Å². The zero-order valence-electron chi connectivity index (χ0n) is 16.3. The largest absolute Gasteiger partial charge is 0.376 e. The summed E-state index contributed by atoms with van der Waals surface area (Å²) in [6.45, 7) is 0.813. The summed E-state index contributed by atoms with van der Waals surface area (Å²) in [6, 6.07) is 18.5. The molecule has 0 radical (unpaired) electrons. The molecule has 0 fully saturated rings. The molecule has 0 aliphatic heterocycles. The minimum absolute atomic E-state index is 0.117. The summed E-state index contributed by atoms with van der Waals surface area (Å²) < 4.78 is 39.2. The Labute approximate surface area is 171 Å². The van der Waals surface area contributed by atoms with Crippen LogP contribution in [0.15, 0.2) is 65.8 Å². The number of nitrogens with zero attached hydrogens (tertiary/aromatic N) is 3. The molecule has 8 nitrogen and oxygen atoms in total. The molecule has 2 aromatic rings. The molecule has 0 saturated heterocycles. The number of hydrogen-bond acceptors (Lipinski definition) is 6. The van der Waals surface area contributed by atoms with E-state index in [1.807, 2.05) is 60.7 Å². The van der Waals surface area contributed by atoms with Gasteiger partial charge in [0, 0.05) is 10.8 Å². The summed E-state index contributed by atoms with van der Waals surface area (Å²) in [5.41, 5.74) is 10.9. The van der Waals surface area contributed by atoms with Crippen LogP contribution in [0, 0.1) is 5.92 Å². The van der Waals surface area contributed by atoms with Crippen LogP contribution in [-0.4, -0.2) is 40.5 Å². The van der Waals surface area contributed by atoms with E-state index in [2.05, 4.69) is 10.0 Å². The second-order valence-electron chi connectivity index (χ2n) is 6.52. The van der Waals surface area contributed by atoms with E-state index < -0.39 is 22.1 Å². The van der Waals surface area contributed by atoms with Crippen LogP contribution in [0.2, 0.25) is 0 Å². The van der Waals surface area contributed by atoms with Crippen molar-refractivity contribution in [3.8, 4) is 0 Å². The average Bonchev–Trinajstić information content (AvgIpc) is 2.71. The molecule has 0 unspecified atom stereocenters. The summed E-state index contributed by atoms with van der Waals surface area (Å²) in [5.74, 6) is -0.486. The normalized spacial score (nSPS) is 13.4. The second-order valence-corrected chi connectivity index (χ2v) is 8.17. The quantitative estimate of drug-likeness (QED) is 0.213. The van der Waals surface area contributed by atoms with Crippen molar-refractivity contribution in [3.63, 3.8) is 0 Å². The first-order valence-corrected chi connectivity index (χ1v) is 10.9. The maximum Gasteiger partial charge on any atom is 0.264 e. The van der Waals surface area contributed by atoms with Gasteiger partial charge in [-0.05, 0) is 16.7 Å². The molecule has 0 spiro atoms. The van der Waals surface area contributed by atoms with Gasteiger partial charge in [0.05, 0.1) is 45.3 Å². The molecule has 2 rings (SSSR count). The Bertz CT molecular complexity index is 872. The van der Waals surface area contributed by atoms with Crippen LogP contribution in [0.5, 0.6) is 0 Å². The Hall–Kier alpha value is -2.42. The Morgan fingerprint density at radius 1 is 0.897 bits per heavy atom. The highest BCUT2D eigenvalue weighted by Gasteiger charge is 2.23. The van der Waals surface area contributed by atoms with Crippen molar-refractivity contribution in [2.75, 3.05) is 26.1 Å². The van der Waals surface area contributed by atoms with E-state index in [4.69, 9.17) is 19.2 Å². The van der Waals surface area contributed by atoms with Crippen LogP contribution < -0.4 is 0 Å². The fourth-order valence-electron chi connectivity index (χ4n) is 2.59. The molecule has 0 aliphatic carbocycles. The van der Waals surface area contributed by atoms with Crippen LogP contribution in [0.1, 0.15) is 11.1 Å². The molecule has 0 heterocycles. The molecule has 0 amide bonds. The Kier molecular flexibility index (Phi) is 9.63. The Morgan fingerprint density at radius 2 is 1.41 bits per heavy atom.